The molecule has 1 aromatic rings. The fourth-order valence-electron chi connectivity index (χ4n) is 2.67. The molecule has 140 valence electrons. The summed E-state index contributed by atoms with van der Waals surface area (Å²) in [5.41, 5.74) is 0.946. The number of benzene rings is 1. The van der Waals surface area contributed by atoms with Crippen LogP contribution in [0.25, 0.3) is 0 Å². The number of hydrogen-bond donors (Lipinski definition) is 0. The minimum absolute atomic E-state index is 0.267. The molecule has 0 heterocycles. The zero-order valence-corrected chi connectivity index (χ0v) is 15.8. The molecule has 0 fully saturated rings. The third-order valence-electron chi connectivity index (χ3n) is 4.24. The number of esters is 1. The fourth-order valence-corrected chi connectivity index (χ4v) is 2.67. The van der Waals surface area contributed by atoms with E-state index in [1.54, 1.807) is 0 Å². The van der Waals surface area contributed by atoms with E-state index in [9.17, 15) is 4.79 Å². The van der Waals surface area contributed by atoms with Crippen LogP contribution in [-0.2, 0) is 16.1 Å². The van der Waals surface area contributed by atoms with Crippen molar-refractivity contribution >= 4 is 5.97 Å². The topological polar surface area (TPSA) is 35.5 Å². The number of unbranched alkanes of at least 4 members (excludes halogenated alkanes) is 9. The number of ether oxygens (including phenoxy) is 2. The Bertz CT molecular complexity index is 465. The van der Waals surface area contributed by atoms with Crippen LogP contribution in [0.4, 0.5) is 0 Å². The summed E-state index contributed by atoms with van der Waals surface area (Å²) < 4.78 is 10.7. The average molecular weight is 347 g/mol. The van der Waals surface area contributed by atoms with Crippen molar-refractivity contribution in [1.82, 2.24) is 0 Å². The highest BCUT2D eigenvalue weighted by atomic mass is 16.5. The van der Waals surface area contributed by atoms with Gasteiger partial charge in [0, 0.05) is 6.08 Å². The lowest BCUT2D eigenvalue weighted by Gasteiger charge is -2.07. The van der Waals surface area contributed by atoms with Gasteiger partial charge in [-0.1, -0.05) is 83.4 Å². The maximum Gasteiger partial charge on any atom is 0.330 e. The summed E-state index contributed by atoms with van der Waals surface area (Å²) >= 11 is 0. The quantitative estimate of drug-likeness (QED) is 0.215. The highest BCUT2D eigenvalue weighted by Gasteiger charge is 1.99. The van der Waals surface area contributed by atoms with Gasteiger partial charge in [0.2, 0.25) is 0 Å². The number of carbonyl (C=O) groups is 1. The lowest BCUT2D eigenvalue weighted by Crippen LogP contribution is -2.00. The van der Waals surface area contributed by atoms with Crippen molar-refractivity contribution in [2.24, 2.45) is 0 Å². The van der Waals surface area contributed by atoms with E-state index >= 15 is 0 Å². The Hall–Kier alpha value is -1.77. The van der Waals surface area contributed by atoms with E-state index in [1.165, 1.54) is 63.9 Å². The Morgan fingerprint density at radius 3 is 2.04 bits per heavy atom. The van der Waals surface area contributed by atoms with Crippen LogP contribution in [0.5, 0.6) is 5.75 Å². The first-order valence-corrected chi connectivity index (χ1v) is 9.77. The second-order valence-electron chi connectivity index (χ2n) is 6.49. The van der Waals surface area contributed by atoms with Crippen LogP contribution in [0.15, 0.2) is 36.9 Å². The van der Waals surface area contributed by atoms with Gasteiger partial charge in [0.05, 0.1) is 6.61 Å². The summed E-state index contributed by atoms with van der Waals surface area (Å²) in [5, 5.41) is 0. The first-order chi connectivity index (χ1) is 12.3. The summed E-state index contributed by atoms with van der Waals surface area (Å²) in [7, 11) is 0. The first kappa shape index (κ1) is 21.3. The molecule has 0 atom stereocenters. The second kappa shape index (κ2) is 14.6. The van der Waals surface area contributed by atoms with Crippen LogP contribution >= 0.6 is 0 Å². The van der Waals surface area contributed by atoms with Gasteiger partial charge in [0.25, 0.3) is 0 Å². The van der Waals surface area contributed by atoms with Crippen LogP contribution in [0.2, 0.25) is 0 Å². The lowest BCUT2D eigenvalue weighted by atomic mass is 10.1. The van der Waals surface area contributed by atoms with E-state index in [0.29, 0.717) is 0 Å². The molecule has 0 N–H and O–H groups in total. The maximum absolute atomic E-state index is 11.0. The molecule has 0 spiro atoms. The molecule has 0 bridgehead atoms. The van der Waals surface area contributed by atoms with Crippen LogP contribution in [0.3, 0.4) is 0 Å². The molecule has 3 nitrogen and oxygen atoms in total. The fraction of sp³-hybridized carbons (Fsp3) is 0.591. The Labute approximate surface area is 153 Å². The van der Waals surface area contributed by atoms with Gasteiger partial charge in [-0.3, -0.25) is 0 Å². The van der Waals surface area contributed by atoms with Gasteiger partial charge in [-0.05, 0) is 24.1 Å². The number of hydrogen-bond acceptors (Lipinski definition) is 3. The van der Waals surface area contributed by atoms with Crippen molar-refractivity contribution in [2.75, 3.05) is 6.61 Å². The number of carbonyl (C=O) groups excluding carboxylic acids is 1. The van der Waals surface area contributed by atoms with E-state index < -0.39 is 5.97 Å². The highest BCUT2D eigenvalue weighted by molar-refractivity contribution is 5.81. The largest absolute Gasteiger partial charge is 0.494 e. The van der Waals surface area contributed by atoms with Crippen LogP contribution in [-0.4, -0.2) is 12.6 Å². The molecule has 0 aliphatic carbocycles. The van der Waals surface area contributed by atoms with Gasteiger partial charge in [-0.2, -0.15) is 0 Å². The standard InChI is InChI=1S/C22H34O3/c1-3-5-6-7-8-9-10-11-12-13-18-24-21-16-14-20(15-17-21)19-25-22(23)4-2/h4,14-17H,2-3,5-13,18-19H2,1H3. The van der Waals surface area contributed by atoms with Crippen LogP contribution in [0.1, 0.15) is 76.7 Å². The first-order valence-electron chi connectivity index (χ1n) is 9.77. The Morgan fingerprint density at radius 1 is 0.920 bits per heavy atom. The third-order valence-corrected chi connectivity index (χ3v) is 4.24. The molecule has 1 aromatic carbocycles. The molecular formula is C22H34O3. The van der Waals surface area contributed by atoms with E-state index in [1.807, 2.05) is 24.3 Å². The Morgan fingerprint density at radius 2 is 1.48 bits per heavy atom. The summed E-state index contributed by atoms with van der Waals surface area (Å²) in [4.78, 5) is 11.0. The van der Waals surface area contributed by atoms with Crippen molar-refractivity contribution in [1.29, 1.82) is 0 Å². The molecule has 0 saturated heterocycles. The van der Waals surface area contributed by atoms with Gasteiger partial charge in [-0.15, -0.1) is 0 Å². The van der Waals surface area contributed by atoms with Gasteiger partial charge in [0.1, 0.15) is 12.4 Å². The van der Waals surface area contributed by atoms with Gasteiger partial charge >= 0.3 is 5.97 Å². The van der Waals surface area contributed by atoms with E-state index in [-0.39, 0.29) is 6.61 Å². The summed E-state index contributed by atoms with van der Waals surface area (Å²) in [6.07, 6.45) is 14.5. The smallest absolute Gasteiger partial charge is 0.330 e. The van der Waals surface area contributed by atoms with Gasteiger partial charge < -0.3 is 9.47 Å². The van der Waals surface area contributed by atoms with Crippen molar-refractivity contribution in [3.63, 3.8) is 0 Å². The molecule has 0 aromatic heterocycles. The SMILES string of the molecule is C=CC(=O)OCc1ccc(OCCCCCCCCCCCC)cc1. The molecule has 0 aliphatic rings. The summed E-state index contributed by atoms with van der Waals surface area (Å²) in [6.45, 7) is 6.67. The van der Waals surface area contributed by atoms with Crippen molar-refractivity contribution in [3.05, 3.63) is 42.5 Å². The lowest BCUT2D eigenvalue weighted by molar-refractivity contribution is -0.138. The Kier molecular flexibility index (Phi) is 12.4. The average Bonchev–Trinajstić information content (AvgIpc) is 2.65. The predicted octanol–water partition coefficient (Wildman–Crippen LogP) is 6.22. The molecule has 0 amide bonds. The zero-order valence-electron chi connectivity index (χ0n) is 15.8. The molecule has 0 aliphatic heterocycles. The van der Waals surface area contributed by atoms with Crippen molar-refractivity contribution in [3.8, 4) is 5.75 Å². The van der Waals surface area contributed by atoms with Crippen LogP contribution < -0.4 is 4.74 Å². The van der Waals surface area contributed by atoms with Crippen molar-refractivity contribution in [2.45, 2.75) is 77.7 Å². The Balaban J connectivity index is 1.99. The predicted molar refractivity (Wildman–Crippen MR) is 104 cm³/mol. The molecule has 0 radical (unpaired) electrons. The molecule has 3 heteroatoms. The van der Waals surface area contributed by atoms with E-state index in [4.69, 9.17) is 9.47 Å². The molecule has 0 unspecified atom stereocenters. The molecule has 0 saturated carbocycles. The monoisotopic (exact) mass is 346 g/mol. The van der Waals surface area contributed by atoms with Gasteiger partial charge in [-0.25, -0.2) is 4.79 Å². The minimum Gasteiger partial charge on any atom is -0.494 e. The minimum atomic E-state index is -0.402. The zero-order chi connectivity index (χ0) is 18.2. The summed E-state index contributed by atoms with van der Waals surface area (Å²) in [5.74, 6) is 0.469. The third kappa shape index (κ3) is 11.4. The van der Waals surface area contributed by atoms with Gasteiger partial charge in [0.15, 0.2) is 0 Å². The highest BCUT2D eigenvalue weighted by Crippen LogP contribution is 2.14. The maximum atomic E-state index is 11.0. The molecule has 1 rings (SSSR count). The molecular weight excluding hydrogens is 312 g/mol. The van der Waals surface area contributed by atoms with E-state index in [0.717, 1.165) is 24.3 Å². The van der Waals surface area contributed by atoms with E-state index in [2.05, 4.69) is 13.5 Å². The second-order valence-corrected chi connectivity index (χ2v) is 6.49. The summed E-state index contributed by atoms with van der Waals surface area (Å²) in [6, 6.07) is 7.69. The number of rotatable bonds is 15. The normalized spacial score (nSPS) is 10.4. The molecule has 25 heavy (non-hydrogen) atoms. The van der Waals surface area contributed by atoms with Crippen LogP contribution in [0, 0.1) is 0 Å². The van der Waals surface area contributed by atoms with Crippen molar-refractivity contribution < 1.29 is 14.3 Å².